The standard InChI is InChI=1S/C12H19ClN/c1-12(2)8-10(13)7-11(9-12)14-5-3-4-6-14/h7H,3-6,8-9H2,1-2H3/q+1. The van der Waals surface area contributed by atoms with Gasteiger partial charge >= 0.3 is 0 Å². The van der Waals surface area contributed by atoms with Crippen LogP contribution in [0, 0.1) is 5.41 Å². The van der Waals surface area contributed by atoms with Gasteiger partial charge in [0.05, 0.1) is 0 Å². The molecule has 1 nitrogen and oxygen atoms in total. The molecule has 0 aromatic heterocycles. The van der Waals surface area contributed by atoms with Crippen molar-refractivity contribution in [2.45, 2.75) is 39.5 Å². The molecule has 2 rings (SSSR count). The predicted molar refractivity (Wildman–Crippen MR) is 61.2 cm³/mol. The third-order valence-corrected chi connectivity index (χ3v) is 3.39. The molecule has 1 fully saturated rings. The second-order valence-corrected chi connectivity index (χ2v) is 5.78. The van der Waals surface area contributed by atoms with Crippen molar-refractivity contribution in [3.05, 3.63) is 11.1 Å². The molecule has 2 aliphatic rings. The van der Waals surface area contributed by atoms with Gasteiger partial charge in [0.1, 0.15) is 13.1 Å². The van der Waals surface area contributed by atoms with E-state index in [1.165, 1.54) is 38.1 Å². The molecule has 0 radical (unpaired) electrons. The zero-order valence-electron chi connectivity index (χ0n) is 9.15. The molecule has 0 amide bonds. The van der Waals surface area contributed by atoms with Crippen LogP contribution in [-0.4, -0.2) is 23.4 Å². The van der Waals surface area contributed by atoms with Gasteiger partial charge in [0, 0.05) is 30.4 Å². The maximum Gasteiger partial charge on any atom is 0.177 e. The monoisotopic (exact) mass is 212 g/mol. The van der Waals surface area contributed by atoms with Crippen molar-refractivity contribution in [2.75, 3.05) is 13.1 Å². The molecular weight excluding hydrogens is 194 g/mol. The third-order valence-electron chi connectivity index (χ3n) is 3.14. The van der Waals surface area contributed by atoms with Crippen LogP contribution in [0.4, 0.5) is 0 Å². The van der Waals surface area contributed by atoms with Crippen molar-refractivity contribution in [2.24, 2.45) is 5.41 Å². The van der Waals surface area contributed by atoms with E-state index in [0.717, 1.165) is 11.5 Å². The zero-order chi connectivity index (χ0) is 10.2. The zero-order valence-corrected chi connectivity index (χ0v) is 9.90. The summed E-state index contributed by atoms with van der Waals surface area (Å²) in [4.78, 5) is 0. The molecule has 0 unspecified atom stereocenters. The van der Waals surface area contributed by atoms with Gasteiger partial charge < -0.3 is 0 Å². The first kappa shape index (κ1) is 10.2. The van der Waals surface area contributed by atoms with Crippen molar-refractivity contribution in [3.63, 3.8) is 0 Å². The number of rotatable bonds is 0. The molecule has 0 saturated carbocycles. The minimum atomic E-state index is 0.351. The Bertz CT molecular complexity index is 291. The highest BCUT2D eigenvalue weighted by atomic mass is 35.5. The fourth-order valence-corrected chi connectivity index (χ4v) is 2.99. The highest BCUT2D eigenvalue weighted by Crippen LogP contribution is 2.35. The molecule has 14 heavy (non-hydrogen) atoms. The topological polar surface area (TPSA) is 3.01 Å². The average Bonchev–Trinajstić information content (AvgIpc) is 2.51. The van der Waals surface area contributed by atoms with Gasteiger partial charge in [-0.3, -0.25) is 0 Å². The molecule has 1 saturated heterocycles. The number of hydrogen-bond donors (Lipinski definition) is 0. The van der Waals surface area contributed by atoms with E-state index in [4.69, 9.17) is 11.6 Å². The molecule has 0 aromatic rings. The summed E-state index contributed by atoms with van der Waals surface area (Å²) in [6.07, 6.45) is 7.10. The van der Waals surface area contributed by atoms with Crippen LogP contribution in [-0.2, 0) is 0 Å². The van der Waals surface area contributed by atoms with Crippen LogP contribution in [0.15, 0.2) is 11.1 Å². The molecule has 1 aliphatic heterocycles. The lowest BCUT2D eigenvalue weighted by Gasteiger charge is -2.27. The van der Waals surface area contributed by atoms with Gasteiger partial charge in [-0.25, -0.2) is 4.58 Å². The Balaban J connectivity index is 2.28. The molecule has 0 bridgehead atoms. The van der Waals surface area contributed by atoms with Crippen LogP contribution in [0.25, 0.3) is 0 Å². The van der Waals surface area contributed by atoms with Gasteiger partial charge in [-0.2, -0.15) is 0 Å². The van der Waals surface area contributed by atoms with Crippen molar-refractivity contribution in [1.82, 2.24) is 0 Å². The molecule has 1 aliphatic carbocycles. The lowest BCUT2D eigenvalue weighted by molar-refractivity contribution is -0.507. The van der Waals surface area contributed by atoms with Gasteiger partial charge in [0.15, 0.2) is 5.71 Å². The summed E-state index contributed by atoms with van der Waals surface area (Å²) in [6.45, 7) is 7.06. The third kappa shape index (κ3) is 2.20. The minimum absolute atomic E-state index is 0.351. The summed E-state index contributed by atoms with van der Waals surface area (Å²) in [5, 5.41) is 1.03. The Morgan fingerprint density at radius 2 is 1.86 bits per heavy atom. The Labute approximate surface area is 91.5 Å². The van der Waals surface area contributed by atoms with Crippen LogP contribution < -0.4 is 0 Å². The Morgan fingerprint density at radius 3 is 2.43 bits per heavy atom. The molecule has 0 aromatic carbocycles. The Hall–Kier alpha value is -0.300. The molecule has 2 heteroatoms. The van der Waals surface area contributed by atoms with Crippen LogP contribution in [0.1, 0.15) is 39.5 Å². The fourth-order valence-electron chi connectivity index (χ4n) is 2.50. The van der Waals surface area contributed by atoms with Gasteiger partial charge in [-0.15, -0.1) is 0 Å². The van der Waals surface area contributed by atoms with Crippen molar-refractivity contribution in [3.8, 4) is 0 Å². The first-order valence-corrected chi connectivity index (χ1v) is 5.91. The van der Waals surface area contributed by atoms with Gasteiger partial charge in [0.2, 0.25) is 0 Å². The second kappa shape index (κ2) is 3.69. The summed E-state index contributed by atoms with van der Waals surface area (Å²) in [5.74, 6) is 0. The summed E-state index contributed by atoms with van der Waals surface area (Å²) in [6, 6.07) is 0. The van der Waals surface area contributed by atoms with E-state index in [0.29, 0.717) is 5.41 Å². The molecule has 1 heterocycles. The average molecular weight is 213 g/mol. The summed E-state index contributed by atoms with van der Waals surface area (Å²) in [5.41, 5.74) is 1.81. The molecule has 0 atom stereocenters. The van der Waals surface area contributed by atoms with Crippen molar-refractivity contribution < 1.29 is 4.58 Å². The van der Waals surface area contributed by atoms with Gasteiger partial charge in [0.25, 0.3) is 0 Å². The van der Waals surface area contributed by atoms with Gasteiger partial charge in [-0.05, 0) is 11.8 Å². The smallest absolute Gasteiger partial charge is 0.177 e. The molecule has 0 N–H and O–H groups in total. The van der Waals surface area contributed by atoms with Crippen LogP contribution in [0.2, 0.25) is 0 Å². The Morgan fingerprint density at radius 1 is 1.21 bits per heavy atom. The normalized spacial score (nSPS) is 26.6. The second-order valence-electron chi connectivity index (χ2n) is 5.29. The predicted octanol–water partition coefficient (Wildman–Crippen LogP) is 3.18. The number of hydrogen-bond acceptors (Lipinski definition) is 0. The van der Waals surface area contributed by atoms with E-state index in [2.05, 4.69) is 24.5 Å². The maximum absolute atomic E-state index is 6.19. The SMILES string of the molecule is CC1(C)CC(Cl)=CC(=[N+]2CCCC2)C1. The molecule has 0 spiro atoms. The van der Waals surface area contributed by atoms with E-state index in [1.54, 1.807) is 0 Å². The highest BCUT2D eigenvalue weighted by Gasteiger charge is 2.31. The van der Waals surface area contributed by atoms with E-state index >= 15 is 0 Å². The van der Waals surface area contributed by atoms with Crippen LogP contribution in [0.5, 0.6) is 0 Å². The fraction of sp³-hybridized carbons (Fsp3) is 0.750. The van der Waals surface area contributed by atoms with Crippen LogP contribution >= 0.6 is 11.6 Å². The van der Waals surface area contributed by atoms with Gasteiger partial charge in [-0.1, -0.05) is 25.4 Å². The quantitative estimate of drug-likeness (QED) is 0.543. The Kier molecular flexibility index (Phi) is 2.70. The first-order valence-electron chi connectivity index (χ1n) is 5.54. The summed E-state index contributed by atoms with van der Waals surface area (Å²) < 4.78 is 2.50. The van der Waals surface area contributed by atoms with E-state index in [9.17, 15) is 0 Å². The largest absolute Gasteiger partial charge is 0.233 e. The first-order chi connectivity index (χ1) is 6.57. The number of nitrogens with zero attached hydrogens (tertiary/aromatic N) is 1. The molecular formula is C12H19ClN+. The summed E-state index contributed by atoms with van der Waals surface area (Å²) >= 11 is 6.19. The van der Waals surface area contributed by atoms with E-state index in [1.807, 2.05) is 0 Å². The van der Waals surface area contributed by atoms with Crippen molar-refractivity contribution in [1.29, 1.82) is 0 Å². The number of halogens is 1. The van der Waals surface area contributed by atoms with E-state index < -0.39 is 0 Å². The summed E-state index contributed by atoms with van der Waals surface area (Å²) in [7, 11) is 0. The minimum Gasteiger partial charge on any atom is -0.233 e. The van der Waals surface area contributed by atoms with Crippen molar-refractivity contribution >= 4 is 17.3 Å². The lowest BCUT2D eigenvalue weighted by atomic mass is 9.80. The van der Waals surface area contributed by atoms with Crippen LogP contribution in [0.3, 0.4) is 0 Å². The highest BCUT2D eigenvalue weighted by molar-refractivity contribution is 6.31. The maximum atomic E-state index is 6.19. The number of allylic oxidation sites excluding steroid dienone is 2. The molecule has 78 valence electrons. The van der Waals surface area contributed by atoms with E-state index in [-0.39, 0.29) is 0 Å². The lowest BCUT2D eigenvalue weighted by Crippen LogP contribution is -2.27.